The zero-order valence-corrected chi connectivity index (χ0v) is 21.5. The molecule has 2 heterocycles. The van der Waals surface area contributed by atoms with E-state index in [9.17, 15) is 9.59 Å². The summed E-state index contributed by atoms with van der Waals surface area (Å²) in [6.07, 6.45) is 3.59. The van der Waals surface area contributed by atoms with Gasteiger partial charge in [-0.05, 0) is 25.7 Å². The standard InChI is InChI=1S/2C9H16N2OS2.Ni/c2*1-3-5-10-7(13)8(14)11(6-4-2)9(10)12;/h2*13-14H,3-6H2,1-2H3;/p-4. The molecule has 170 valence electrons. The van der Waals surface area contributed by atoms with E-state index in [4.69, 9.17) is 50.5 Å². The summed E-state index contributed by atoms with van der Waals surface area (Å²) < 4.78 is 6.36. The van der Waals surface area contributed by atoms with Gasteiger partial charge in [-0.2, -0.15) is 0 Å². The molecular weight excluding hydrogens is 491 g/mol. The van der Waals surface area contributed by atoms with Crippen molar-refractivity contribution in [2.75, 3.05) is 0 Å². The Morgan fingerprint density at radius 3 is 0.828 bits per heavy atom. The van der Waals surface area contributed by atoms with E-state index in [1.54, 1.807) is 18.3 Å². The average Bonchev–Trinajstić information content (AvgIpc) is 2.99. The summed E-state index contributed by atoms with van der Waals surface area (Å²) in [6.45, 7) is 10.7. The molecule has 0 radical (unpaired) electrons. The first-order valence-corrected chi connectivity index (χ1v) is 11.2. The summed E-state index contributed by atoms with van der Waals surface area (Å²) >= 11 is 20.5. The maximum atomic E-state index is 11.8. The van der Waals surface area contributed by atoms with Crippen molar-refractivity contribution in [3.05, 3.63) is 21.0 Å². The Labute approximate surface area is 205 Å². The number of hydrogen-bond acceptors (Lipinski definition) is 6. The predicted molar refractivity (Wildman–Crippen MR) is 121 cm³/mol. The van der Waals surface area contributed by atoms with Gasteiger partial charge in [0.15, 0.2) is 0 Å². The molecule has 11 heteroatoms. The van der Waals surface area contributed by atoms with Crippen molar-refractivity contribution >= 4 is 50.5 Å². The van der Waals surface area contributed by atoms with E-state index < -0.39 is 0 Å². The normalized spacial score (nSPS) is 10.3. The van der Waals surface area contributed by atoms with Gasteiger partial charge in [0.25, 0.3) is 0 Å². The molecule has 0 fully saturated rings. The van der Waals surface area contributed by atoms with Crippen molar-refractivity contribution < 1.29 is 16.5 Å². The Hall–Kier alpha value is -0.606. The van der Waals surface area contributed by atoms with E-state index in [1.165, 1.54) is 0 Å². The van der Waals surface area contributed by atoms with E-state index in [0.29, 0.717) is 46.3 Å². The summed E-state index contributed by atoms with van der Waals surface area (Å²) in [4.78, 5) is 23.6. The first-order chi connectivity index (χ1) is 13.3. The Morgan fingerprint density at radius 1 is 0.517 bits per heavy atom. The molecule has 0 aliphatic rings. The minimum absolute atomic E-state index is 0. The van der Waals surface area contributed by atoms with E-state index in [1.807, 2.05) is 27.7 Å². The zero-order chi connectivity index (χ0) is 21.4. The molecule has 0 saturated heterocycles. The van der Waals surface area contributed by atoms with Gasteiger partial charge in [-0.15, -0.1) is 20.1 Å². The topological polar surface area (TPSA) is 53.9 Å². The van der Waals surface area contributed by atoms with E-state index in [0.717, 1.165) is 25.7 Å². The molecule has 0 N–H and O–H groups in total. The average molecular weight is 519 g/mol. The number of hydrogen-bond donors (Lipinski definition) is 0. The molecule has 0 saturated carbocycles. The van der Waals surface area contributed by atoms with Gasteiger partial charge in [0.2, 0.25) is 0 Å². The number of nitrogens with zero attached hydrogens (tertiary/aromatic N) is 4. The van der Waals surface area contributed by atoms with Crippen LogP contribution in [-0.4, -0.2) is 18.3 Å². The van der Waals surface area contributed by atoms with Crippen molar-refractivity contribution in [2.45, 2.75) is 99.7 Å². The Kier molecular flexibility index (Phi) is 13.4. The first-order valence-electron chi connectivity index (χ1n) is 9.61. The largest absolute Gasteiger partial charge is 0.762 e. The van der Waals surface area contributed by atoms with Gasteiger partial charge in [-0.3, -0.25) is 0 Å². The second kappa shape index (κ2) is 13.6. The van der Waals surface area contributed by atoms with Gasteiger partial charge in [-0.1, -0.05) is 27.7 Å². The van der Waals surface area contributed by atoms with E-state index in [-0.39, 0.29) is 27.9 Å². The van der Waals surface area contributed by atoms with Crippen LogP contribution in [0.2, 0.25) is 0 Å². The molecule has 0 unspecified atom stereocenters. The van der Waals surface area contributed by atoms with Gasteiger partial charge in [0.05, 0.1) is 0 Å². The van der Waals surface area contributed by atoms with Crippen LogP contribution >= 0.6 is 0 Å². The summed E-state index contributed by atoms with van der Waals surface area (Å²) in [5.41, 5.74) is -0.104. The minimum atomic E-state index is -0.0521. The fraction of sp³-hybridized carbons (Fsp3) is 0.667. The van der Waals surface area contributed by atoms with Gasteiger partial charge in [0, 0.05) is 42.7 Å². The third kappa shape index (κ3) is 6.69. The quantitative estimate of drug-likeness (QED) is 0.395. The molecular formula is C18H28N4NiO2S4-4. The van der Waals surface area contributed by atoms with Crippen LogP contribution in [0.5, 0.6) is 0 Å². The van der Waals surface area contributed by atoms with Gasteiger partial charge >= 0.3 is 11.4 Å². The molecule has 6 nitrogen and oxygen atoms in total. The molecule has 2 aromatic rings. The van der Waals surface area contributed by atoms with Gasteiger partial charge < -0.3 is 68.8 Å². The number of imidazole rings is 2. The number of aromatic nitrogens is 4. The predicted octanol–water partition coefficient (Wildman–Crippen LogP) is 2.56. The minimum Gasteiger partial charge on any atom is -0.762 e. The van der Waals surface area contributed by atoms with Crippen molar-refractivity contribution in [3.8, 4) is 0 Å². The molecule has 0 aliphatic heterocycles. The monoisotopic (exact) mass is 518 g/mol. The molecule has 0 bridgehead atoms. The maximum absolute atomic E-state index is 11.8. The van der Waals surface area contributed by atoms with Crippen LogP contribution in [0, 0.1) is 0 Å². The fourth-order valence-corrected chi connectivity index (χ4v) is 3.90. The molecule has 29 heavy (non-hydrogen) atoms. The zero-order valence-electron chi connectivity index (χ0n) is 17.2. The van der Waals surface area contributed by atoms with E-state index in [2.05, 4.69) is 0 Å². The van der Waals surface area contributed by atoms with Crippen LogP contribution in [0.15, 0.2) is 29.7 Å². The molecule has 0 aromatic carbocycles. The summed E-state index contributed by atoms with van der Waals surface area (Å²) in [6, 6.07) is 0. The molecule has 0 spiro atoms. The maximum Gasteiger partial charge on any atom is 0.325 e. The second-order valence-electron chi connectivity index (χ2n) is 6.39. The van der Waals surface area contributed by atoms with Crippen LogP contribution in [0.25, 0.3) is 0 Å². The molecule has 2 aromatic heterocycles. The van der Waals surface area contributed by atoms with Gasteiger partial charge in [0.1, 0.15) is 0 Å². The second-order valence-corrected chi connectivity index (χ2v) is 7.94. The van der Waals surface area contributed by atoms with Crippen molar-refractivity contribution in [3.63, 3.8) is 0 Å². The van der Waals surface area contributed by atoms with Crippen molar-refractivity contribution in [1.29, 1.82) is 0 Å². The molecule has 2 rings (SSSR count). The Morgan fingerprint density at radius 2 is 0.690 bits per heavy atom. The summed E-state index contributed by atoms with van der Waals surface area (Å²) in [5.74, 6) is 0. The Balaban J connectivity index is 0.000000523. The third-order valence-electron chi connectivity index (χ3n) is 4.06. The van der Waals surface area contributed by atoms with Crippen LogP contribution in [0.4, 0.5) is 0 Å². The summed E-state index contributed by atoms with van der Waals surface area (Å²) in [7, 11) is 0. The Bertz CT molecular complexity index is 749. The van der Waals surface area contributed by atoms with Crippen molar-refractivity contribution in [2.24, 2.45) is 0 Å². The molecule has 0 aliphatic carbocycles. The van der Waals surface area contributed by atoms with Crippen LogP contribution < -0.4 is 11.4 Å². The SMILES string of the molecule is CCCn1c([S-])c([S-])n(CCC)c1=O.CCCn1c([S-])c([S-])n(CCC)c1=O.[Ni]. The van der Waals surface area contributed by atoms with Crippen LogP contribution in [-0.2, 0) is 93.2 Å². The smallest absolute Gasteiger partial charge is 0.325 e. The van der Waals surface area contributed by atoms with Crippen molar-refractivity contribution in [1.82, 2.24) is 18.3 Å². The van der Waals surface area contributed by atoms with E-state index >= 15 is 0 Å². The third-order valence-corrected chi connectivity index (χ3v) is 5.97. The molecule has 0 amide bonds. The molecule has 0 atom stereocenters. The number of rotatable bonds is 8. The van der Waals surface area contributed by atoms with Gasteiger partial charge in [-0.25, -0.2) is 9.59 Å². The first kappa shape index (κ1) is 28.4. The fourth-order valence-electron chi connectivity index (χ4n) is 2.78. The van der Waals surface area contributed by atoms with Crippen LogP contribution in [0.1, 0.15) is 53.4 Å². The summed E-state index contributed by atoms with van der Waals surface area (Å²) in [5, 5.41) is 2.06. The van der Waals surface area contributed by atoms with Crippen LogP contribution in [0.3, 0.4) is 0 Å².